The lowest BCUT2D eigenvalue weighted by atomic mass is 10.2. The number of benzene rings is 1. The molecule has 142 valence electrons. The Hall–Kier alpha value is -3.22. The quantitative estimate of drug-likeness (QED) is 0.626. The van der Waals surface area contributed by atoms with Crippen molar-refractivity contribution in [3.8, 4) is 11.5 Å². The van der Waals surface area contributed by atoms with Crippen LogP contribution >= 0.6 is 0 Å². The van der Waals surface area contributed by atoms with Crippen molar-refractivity contribution in [2.24, 2.45) is 0 Å². The van der Waals surface area contributed by atoms with E-state index in [0.29, 0.717) is 43.6 Å². The van der Waals surface area contributed by atoms with Crippen molar-refractivity contribution in [1.29, 1.82) is 0 Å². The van der Waals surface area contributed by atoms with Crippen molar-refractivity contribution in [1.82, 2.24) is 15.1 Å². The highest BCUT2D eigenvalue weighted by atomic mass is 16.5. The molecule has 0 radical (unpaired) electrons. The average Bonchev–Trinajstić information content (AvgIpc) is 3.34. The fourth-order valence-electron chi connectivity index (χ4n) is 2.61. The van der Waals surface area contributed by atoms with E-state index in [-0.39, 0.29) is 11.7 Å². The van der Waals surface area contributed by atoms with Gasteiger partial charge in [0.25, 0.3) is 5.91 Å². The van der Waals surface area contributed by atoms with Crippen molar-refractivity contribution in [3.63, 3.8) is 0 Å². The lowest BCUT2D eigenvalue weighted by Crippen LogP contribution is -2.22. The van der Waals surface area contributed by atoms with E-state index in [9.17, 15) is 4.79 Å². The van der Waals surface area contributed by atoms with Crippen LogP contribution < -0.4 is 14.8 Å². The highest BCUT2D eigenvalue weighted by Gasteiger charge is 2.12. The van der Waals surface area contributed by atoms with Crippen LogP contribution in [0.15, 0.2) is 53.2 Å². The third-order valence-electron chi connectivity index (χ3n) is 3.82. The monoisotopic (exact) mass is 369 g/mol. The predicted octanol–water partition coefficient (Wildman–Crippen LogP) is 3.25. The molecule has 3 aromatic rings. The summed E-state index contributed by atoms with van der Waals surface area (Å²) in [6, 6.07) is 10.9. The van der Waals surface area contributed by atoms with Gasteiger partial charge in [-0.1, -0.05) is 6.07 Å². The summed E-state index contributed by atoms with van der Waals surface area (Å²) in [5.74, 6) is 2.04. The molecule has 1 N–H and O–H groups in total. The van der Waals surface area contributed by atoms with Gasteiger partial charge in [0.2, 0.25) is 0 Å². The molecular formula is C20H23N3O4. The molecule has 0 aliphatic carbocycles. The Bertz CT molecular complexity index is 871. The Morgan fingerprint density at radius 3 is 2.70 bits per heavy atom. The highest BCUT2D eigenvalue weighted by Crippen LogP contribution is 2.28. The van der Waals surface area contributed by atoms with Crippen LogP contribution in [-0.2, 0) is 13.1 Å². The molecule has 1 amide bonds. The van der Waals surface area contributed by atoms with Gasteiger partial charge in [-0.05, 0) is 49.7 Å². The SMILES string of the molecule is CCOc1ccc(CNC(=O)c2ccc(Cn3cccn3)o2)cc1OCC. The van der Waals surface area contributed by atoms with Crippen LogP contribution in [0.2, 0.25) is 0 Å². The molecule has 0 bridgehead atoms. The zero-order chi connectivity index (χ0) is 19.1. The summed E-state index contributed by atoms with van der Waals surface area (Å²) in [5, 5.41) is 6.98. The summed E-state index contributed by atoms with van der Waals surface area (Å²) in [5.41, 5.74) is 0.915. The van der Waals surface area contributed by atoms with Gasteiger partial charge in [-0.2, -0.15) is 5.10 Å². The molecule has 0 saturated carbocycles. The molecule has 0 unspecified atom stereocenters. The first kappa shape index (κ1) is 18.6. The van der Waals surface area contributed by atoms with Crippen molar-refractivity contribution in [2.75, 3.05) is 13.2 Å². The van der Waals surface area contributed by atoms with Gasteiger partial charge in [-0.15, -0.1) is 0 Å². The Balaban J connectivity index is 1.60. The molecule has 2 heterocycles. The minimum Gasteiger partial charge on any atom is -0.490 e. The number of furan rings is 1. The first-order valence-electron chi connectivity index (χ1n) is 8.92. The number of amides is 1. The van der Waals surface area contributed by atoms with Gasteiger partial charge in [0.15, 0.2) is 17.3 Å². The summed E-state index contributed by atoms with van der Waals surface area (Å²) in [6.45, 7) is 5.80. The molecule has 0 aliphatic rings. The van der Waals surface area contributed by atoms with E-state index < -0.39 is 0 Å². The number of nitrogens with zero attached hydrogens (tertiary/aromatic N) is 2. The van der Waals surface area contributed by atoms with E-state index in [4.69, 9.17) is 13.9 Å². The minimum atomic E-state index is -0.270. The Morgan fingerprint density at radius 2 is 1.96 bits per heavy atom. The van der Waals surface area contributed by atoms with Crippen molar-refractivity contribution >= 4 is 5.91 Å². The summed E-state index contributed by atoms with van der Waals surface area (Å²) in [6.07, 6.45) is 3.54. The zero-order valence-electron chi connectivity index (χ0n) is 15.5. The number of ether oxygens (including phenoxy) is 2. The third kappa shape index (κ3) is 4.91. The van der Waals surface area contributed by atoms with E-state index in [0.717, 1.165) is 5.56 Å². The maximum atomic E-state index is 12.3. The molecular weight excluding hydrogens is 346 g/mol. The molecule has 0 spiro atoms. The van der Waals surface area contributed by atoms with Crippen LogP contribution in [0.5, 0.6) is 11.5 Å². The van der Waals surface area contributed by atoms with E-state index in [2.05, 4.69) is 10.4 Å². The summed E-state index contributed by atoms with van der Waals surface area (Å²) in [4.78, 5) is 12.3. The number of aromatic nitrogens is 2. The minimum absolute atomic E-state index is 0.270. The van der Waals surface area contributed by atoms with Gasteiger partial charge in [0, 0.05) is 18.9 Å². The number of rotatable bonds is 9. The summed E-state index contributed by atoms with van der Waals surface area (Å²) in [7, 11) is 0. The number of carbonyl (C=O) groups excluding carboxylic acids is 1. The normalized spacial score (nSPS) is 10.6. The van der Waals surface area contributed by atoms with Gasteiger partial charge in [-0.3, -0.25) is 9.48 Å². The molecule has 1 aromatic carbocycles. The molecule has 0 atom stereocenters. The van der Waals surface area contributed by atoms with E-state index in [1.165, 1.54) is 0 Å². The molecule has 0 saturated heterocycles. The average molecular weight is 369 g/mol. The Labute approximate surface area is 157 Å². The standard InChI is InChI=1S/C20H23N3O4/c1-3-25-17-8-6-15(12-19(17)26-4-2)13-21-20(24)18-9-7-16(27-18)14-23-11-5-10-22-23/h5-12H,3-4,13-14H2,1-2H3,(H,21,24). The van der Waals surface area contributed by atoms with Crippen LogP contribution in [0.25, 0.3) is 0 Å². The lowest BCUT2D eigenvalue weighted by molar-refractivity contribution is 0.0921. The first-order chi connectivity index (χ1) is 13.2. The third-order valence-corrected chi connectivity index (χ3v) is 3.82. The van der Waals surface area contributed by atoms with E-state index in [1.54, 1.807) is 23.0 Å². The second-order valence-corrected chi connectivity index (χ2v) is 5.80. The summed E-state index contributed by atoms with van der Waals surface area (Å²) < 4.78 is 18.5. The van der Waals surface area contributed by atoms with Crippen LogP contribution in [0, 0.1) is 0 Å². The van der Waals surface area contributed by atoms with E-state index in [1.807, 2.05) is 44.3 Å². The topological polar surface area (TPSA) is 78.5 Å². The largest absolute Gasteiger partial charge is 0.490 e. The van der Waals surface area contributed by atoms with Gasteiger partial charge in [0.1, 0.15) is 5.76 Å². The second-order valence-electron chi connectivity index (χ2n) is 5.80. The first-order valence-corrected chi connectivity index (χ1v) is 8.92. The maximum absolute atomic E-state index is 12.3. The van der Waals surface area contributed by atoms with Gasteiger partial charge >= 0.3 is 0 Å². The Morgan fingerprint density at radius 1 is 1.15 bits per heavy atom. The van der Waals surface area contributed by atoms with Crippen molar-refractivity contribution < 1.29 is 18.7 Å². The second kappa shape index (κ2) is 8.93. The molecule has 27 heavy (non-hydrogen) atoms. The van der Waals surface area contributed by atoms with Crippen LogP contribution in [0.4, 0.5) is 0 Å². The predicted molar refractivity (Wildman–Crippen MR) is 100.0 cm³/mol. The molecule has 3 rings (SSSR count). The van der Waals surface area contributed by atoms with E-state index >= 15 is 0 Å². The molecule has 2 aromatic heterocycles. The zero-order valence-corrected chi connectivity index (χ0v) is 15.5. The van der Waals surface area contributed by atoms with Crippen LogP contribution in [-0.4, -0.2) is 28.9 Å². The fourth-order valence-corrected chi connectivity index (χ4v) is 2.61. The number of hydrogen-bond donors (Lipinski definition) is 1. The maximum Gasteiger partial charge on any atom is 0.287 e. The molecule has 7 heteroatoms. The van der Waals surface area contributed by atoms with Crippen molar-refractivity contribution in [2.45, 2.75) is 26.9 Å². The highest BCUT2D eigenvalue weighted by molar-refractivity contribution is 5.91. The van der Waals surface area contributed by atoms with Crippen LogP contribution in [0.1, 0.15) is 35.7 Å². The van der Waals surface area contributed by atoms with Gasteiger partial charge in [-0.25, -0.2) is 0 Å². The van der Waals surface area contributed by atoms with Gasteiger partial charge in [0.05, 0.1) is 19.8 Å². The number of nitrogens with one attached hydrogen (secondary N) is 1. The molecule has 0 aliphatic heterocycles. The molecule has 0 fully saturated rings. The van der Waals surface area contributed by atoms with Crippen molar-refractivity contribution in [3.05, 3.63) is 65.9 Å². The fraction of sp³-hybridized carbons (Fsp3) is 0.300. The lowest BCUT2D eigenvalue weighted by Gasteiger charge is -2.12. The molecule has 7 nitrogen and oxygen atoms in total. The smallest absolute Gasteiger partial charge is 0.287 e. The number of carbonyl (C=O) groups is 1. The Kier molecular flexibility index (Phi) is 6.14. The summed E-state index contributed by atoms with van der Waals surface area (Å²) >= 11 is 0. The van der Waals surface area contributed by atoms with Gasteiger partial charge < -0.3 is 19.2 Å². The van der Waals surface area contributed by atoms with Crippen LogP contribution in [0.3, 0.4) is 0 Å². The number of hydrogen-bond acceptors (Lipinski definition) is 5.